The summed E-state index contributed by atoms with van der Waals surface area (Å²) in [6.45, 7) is 2.95. The SMILES string of the molecule is Cc1nc(N[C@H]2CCN(C(=O)O)C2)ccc1-c1ncccn1. The highest BCUT2D eigenvalue weighted by molar-refractivity contribution is 5.65. The summed E-state index contributed by atoms with van der Waals surface area (Å²) in [7, 11) is 0. The molecule has 0 aromatic carbocycles. The fourth-order valence-electron chi connectivity index (χ4n) is 2.58. The molecule has 2 aromatic heterocycles. The van der Waals surface area contributed by atoms with Gasteiger partial charge >= 0.3 is 6.09 Å². The van der Waals surface area contributed by atoms with Gasteiger partial charge in [-0.05, 0) is 31.5 Å². The second-order valence-corrected chi connectivity index (χ2v) is 5.26. The molecule has 0 aliphatic carbocycles. The molecule has 1 saturated heterocycles. The Morgan fingerprint density at radius 2 is 2.14 bits per heavy atom. The molecule has 0 radical (unpaired) electrons. The maximum absolute atomic E-state index is 10.9. The first-order chi connectivity index (χ1) is 10.6. The van der Waals surface area contributed by atoms with Gasteiger partial charge in [-0.1, -0.05) is 0 Å². The Morgan fingerprint density at radius 3 is 2.77 bits per heavy atom. The van der Waals surface area contributed by atoms with Crippen LogP contribution in [0.4, 0.5) is 10.6 Å². The van der Waals surface area contributed by atoms with Crippen molar-refractivity contribution in [2.24, 2.45) is 0 Å². The molecule has 22 heavy (non-hydrogen) atoms. The number of pyridine rings is 1. The summed E-state index contributed by atoms with van der Waals surface area (Å²) in [5.74, 6) is 1.39. The van der Waals surface area contributed by atoms with Crippen molar-refractivity contribution in [3.63, 3.8) is 0 Å². The van der Waals surface area contributed by atoms with Crippen LogP contribution in [0.2, 0.25) is 0 Å². The van der Waals surface area contributed by atoms with Gasteiger partial charge in [0.15, 0.2) is 5.82 Å². The van der Waals surface area contributed by atoms with Gasteiger partial charge < -0.3 is 15.3 Å². The molecule has 114 valence electrons. The lowest BCUT2D eigenvalue weighted by Gasteiger charge is -2.15. The first kappa shape index (κ1) is 14.2. The number of likely N-dealkylation sites (tertiary alicyclic amines) is 1. The molecule has 3 rings (SSSR count). The van der Waals surface area contributed by atoms with Crippen molar-refractivity contribution in [3.8, 4) is 11.4 Å². The van der Waals surface area contributed by atoms with E-state index in [1.54, 1.807) is 18.5 Å². The van der Waals surface area contributed by atoms with Gasteiger partial charge in [-0.15, -0.1) is 0 Å². The Labute approximate surface area is 128 Å². The molecule has 3 heterocycles. The summed E-state index contributed by atoms with van der Waals surface area (Å²) < 4.78 is 0. The molecule has 7 heteroatoms. The van der Waals surface area contributed by atoms with Crippen molar-refractivity contribution in [2.45, 2.75) is 19.4 Å². The zero-order valence-corrected chi connectivity index (χ0v) is 12.2. The standard InChI is InChI=1S/C15H17N5O2/c1-10-12(14-16-6-2-7-17-14)3-4-13(18-10)19-11-5-8-20(9-11)15(21)22/h2-4,6-7,11H,5,8-9H2,1H3,(H,18,19)(H,21,22)/t11-/m0/s1. The van der Waals surface area contributed by atoms with Gasteiger partial charge in [-0.2, -0.15) is 0 Å². The number of rotatable bonds is 3. The molecule has 1 atom stereocenters. The molecule has 1 aliphatic heterocycles. The first-order valence-corrected chi connectivity index (χ1v) is 7.13. The summed E-state index contributed by atoms with van der Waals surface area (Å²) in [4.78, 5) is 25.3. The number of carbonyl (C=O) groups is 1. The number of anilines is 1. The molecular weight excluding hydrogens is 282 g/mol. The van der Waals surface area contributed by atoms with Gasteiger partial charge in [-0.3, -0.25) is 0 Å². The Bertz CT molecular complexity index is 677. The van der Waals surface area contributed by atoms with E-state index < -0.39 is 6.09 Å². The van der Waals surface area contributed by atoms with Crippen molar-refractivity contribution in [1.82, 2.24) is 19.9 Å². The van der Waals surface area contributed by atoms with Crippen LogP contribution in [0.5, 0.6) is 0 Å². The number of aromatic nitrogens is 3. The van der Waals surface area contributed by atoms with Gasteiger partial charge in [0.05, 0.1) is 5.69 Å². The van der Waals surface area contributed by atoms with E-state index in [2.05, 4.69) is 20.3 Å². The van der Waals surface area contributed by atoms with Crippen LogP contribution >= 0.6 is 0 Å². The fraction of sp³-hybridized carbons (Fsp3) is 0.333. The monoisotopic (exact) mass is 299 g/mol. The van der Waals surface area contributed by atoms with E-state index in [0.29, 0.717) is 18.9 Å². The Hall–Kier alpha value is -2.70. The van der Waals surface area contributed by atoms with Crippen LogP contribution in [-0.2, 0) is 0 Å². The van der Waals surface area contributed by atoms with Crippen molar-refractivity contribution < 1.29 is 9.90 Å². The molecule has 0 unspecified atom stereocenters. The maximum Gasteiger partial charge on any atom is 0.407 e. The van der Waals surface area contributed by atoms with Crippen LogP contribution in [0, 0.1) is 6.92 Å². The average molecular weight is 299 g/mol. The van der Waals surface area contributed by atoms with Gasteiger partial charge in [0.2, 0.25) is 0 Å². The maximum atomic E-state index is 10.9. The molecule has 2 aromatic rings. The number of nitrogens with one attached hydrogen (secondary N) is 1. The summed E-state index contributed by atoms with van der Waals surface area (Å²) in [6.07, 6.45) is 3.32. The third-order valence-corrected chi connectivity index (χ3v) is 3.70. The van der Waals surface area contributed by atoms with E-state index in [4.69, 9.17) is 5.11 Å². The van der Waals surface area contributed by atoms with Crippen LogP contribution in [0.25, 0.3) is 11.4 Å². The molecular formula is C15H17N5O2. The average Bonchev–Trinajstić information content (AvgIpc) is 2.97. The zero-order chi connectivity index (χ0) is 15.5. The van der Waals surface area contributed by atoms with E-state index in [0.717, 1.165) is 23.5 Å². The quantitative estimate of drug-likeness (QED) is 0.901. The number of hydrogen-bond donors (Lipinski definition) is 2. The van der Waals surface area contributed by atoms with Crippen LogP contribution in [0.1, 0.15) is 12.1 Å². The fourth-order valence-corrected chi connectivity index (χ4v) is 2.58. The lowest BCUT2D eigenvalue weighted by Crippen LogP contribution is -2.30. The minimum absolute atomic E-state index is 0.0989. The van der Waals surface area contributed by atoms with Crippen LogP contribution < -0.4 is 5.32 Å². The Kier molecular flexibility index (Phi) is 3.86. The zero-order valence-electron chi connectivity index (χ0n) is 12.2. The summed E-state index contributed by atoms with van der Waals surface area (Å²) in [6, 6.07) is 5.68. The van der Waals surface area contributed by atoms with E-state index in [1.807, 2.05) is 19.1 Å². The summed E-state index contributed by atoms with van der Waals surface area (Å²) in [5.41, 5.74) is 1.73. The topological polar surface area (TPSA) is 91.2 Å². The highest BCUT2D eigenvalue weighted by atomic mass is 16.4. The highest BCUT2D eigenvalue weighted by Crippen LogP contribution is 2.21. The van der Waals surface area contributed by atoms with E-state index in [9.17, 15) is 4.79 Å². The molecule has 0 saturated carbocycles. The van der Waals surface area contributed by atoms with Crippen LogP contribution in [-0.4, -0.2) is 50.2 Å². The number of carboxylic acid groups (broad SMARTS) is 1. The first-order valence-electron chi connectivity index (χ1n) is 7.13. The Morgan fingerprint density at radius 1 is 1.36 bits per heavy atom. The van der Waals surface area contributed by atoms with Gasteiger partial charge in [0.1, 0.15) is 5.82 Å². The van der Waals surface area contributed by atoms with Gasteiger partial charge in [-0.25, -0.2) is 19.7 Å². The van der Waals surface area contributed by atoms with Gasteiger partial charge in [0.25, 0.3) is 0 Å². The second kappa shape index (κ2) is 5.97. The molecule has 0 bridgehead atoms. The molecule has 1 amide bonds. The molecule has 7 nitrogen and oxygen atoms in total. The summed E-state index contributed by atoms with van der Waals surface area (Å²) >= 11 is 0. The minimum Gasteiger partial charge on any atom is -0.465 e. The third-order valence-electron chi connectivity index (χ3n) is 3.70. The van der Waals surface area contributed by atoms with Crippen molar-refractivity contribution in [1.29, 1.82) is 0 Å². The molecule has 1 fully saturated rings. The Balaban J connectivity index is 1.72. The lowest BCUT2D eigenvalue weighted by molar-refractivity contribution is 0.155. The normalized spacial score (nSPS) is 17.5. The number of hydrogen-bond acceptors (Lipinski definition) is 5. The van der Waals surface area contributed by atoms with Crippen molar-refractivity contribution in [3.05, 3.63) is 36.3 Å². The van der Waals surface area contributed by atoms with E-state index in [1.165, 1.54) is 4.90 Å². The number of nitrogens with zero attached hydrogens (tertiary/aromatic N) is 4. The molecule has 2 N–H and O–H groups in total. The largest absolute Gasteiger partial charge is 0.465 e. The van der Waals surface area contributed by atoms with E-state index in [-0.39, 0.29) is 6.04 Å². The second-order valence-electron chi connectivity index (χ2n) is 5.26. The number of amides is 1. The predicted octanol–water partition coefficient (Wildman–Crippen LogP) is 2.01. The summed E-state index contributed by atoms with van der Waals surface area (Å²) in [5, 5.41) is 12.3. The number of aryl methyl sites for hydroxylation is 1. The van der Waals surface area contributed by atoms with E-state index >= 15 is 0 Å². The highest BCUT2D eigenvalue weighted by Gasteiger charge is 2.25. The van der Waals surface area contributed by atoms with Crippen LogP contribution in [0.15, 0.2) is 30.6 Å². The van der Waals surface area contributed by atoms with Crippen molar-refractivity contribution >= 4 is 11.9 Å². The lowest BCUT2D eigenvalue weighted by atomic mass is 10.2. The van der Waals surface area contributed by atoms with Crippen LogP contribution in [0.3, 0.4) is 0 Å². The third kappa shape index (κ3) is 2.98. The van der Waals surface area contributed by atoms with Crippen molar-refractivity contribution in [2.75, 3.05) is 18.4 Å². The predicted molar refractivity (Wildman–Crippen MR) is 81.6 cm³/mol. The van der Waals surface area contributed by atoms with Gasteiger partial charge in [0, 0.05) is 37.1 Å². The smallest absolute Gasteiger partial charge is 0.407 e. The molecule has 1 aliphatic rings. The molecule has 0 spiro atoms. The minimum atomic E-state index is -0.870.